The monoisotopic (exact) mass is 408 g/mol. The van der Waals surface area contributed by atoms with Crippen LogP contribution in [0.2, 0.25) is 10.0 Å². The van der Waals surface area contributed by atoms with Gasteiger partial charge in [0.05, 0.1) is 22.3 Å². The average Bonchev–Trinajstić information content (AvgIpc) is 2.94. The van der Waals surface area contributed by atoms with Gasteiger partial charge in [0.15, 0.2) is 0 Å². The molecule has 0 bridgehead atoms. The molecule has 0 unspecified atom stereocenters. The van der Waals surface area contributed by atoms with E-state index in [0.717, 1.165) is 4.57 Å². The second-order valence-electron chi connectivity index (χ2n) is 5.72. The predicted molar refractivity (Wildman–Crippen MR) is 94.3 cm³/mol. The van der Waals surface area contributed by atoms with Crippen LogP contribution in [0.3, 0.4) is 0 Å². The molecule has 2 rings (SSSR count). The standard InChI is InChI=1S/C16H17Cl2F3N4O/c1-24(9-13-22-6-8-25(13)10-16(19,20)21)7-5-14(26)23-15-11(17)3-2-4-12(15)18/h2-4,6,8H,5,7,9-10H2,1H3,(H,23,26). The van der Waals surface area contributed by atoms with Crippen LogP contribution in [-0.4, -0.2) is 40.1 Å². The molecule has 10 heteroatoms. The van der Waals surface area contributed by atoms with Crippen molar-refractivity contribution in [3.63, 3.8) is 0 Å². The fraction of sp³-hybridized carbons (Fsp3) is 0.375. The zero-order valence-electron chi connectivity index (χ0n) is 13.9. The van der Waals surface area contributed by atoms with E-state index in [-0.39, 0.29) is 24.7 Å². The maximum absolute atomic E-state index is 12.5. The first-order chi connectivity index (χ1) is 12.2. The Bertz CT molecular complexity index is 744. The number of hydrogen-bond acceptors (Lipinski definition) is 3. The number of alkyl halides is 3. The van der Waals surface area contributed by atoms with Crippen LogP contribution in [0.15, 0.2) is 30.6 Å². The molecule has 0 aliphatic rings. The zero-order chi connectivity index (χ0) is 19.3. The lowest BCUT2D eigenvalue weighted by molar-refractivity contribution is -0.141. The molecule has 1 N–H and O–H groups in total. The number of benzene rings is 1. The summed E-state index contributed by atoms with van der Waals surface area (Å²) in [6.07, 6.45) is -1.59. The van der Waals surface area contributed by atoms with Crippen LogP contribution in [0.25, 0.3) is 0 Å². The Morgan fingerprint density at radius 3 is 2.58 bits per heavy atom. The van der Waals surface area contributed by atoms with Crippen LogP contribution in [0.1, 0.15) is 12.2 Å². The molecular formula is C16H17Cl2F3N4O. The molecule has 0 saturated heterocycles. The number of para-hydroxylation sites is 1. The number of carbonyl (C=O) groups excluding carboxylic acids is 1. The molecule has 0 radical (unpaired) electrons. The van der Waals surface area contributed by atoms with Crippen molar-refractivity contribution < 1.29 is 18.0 Å². The number of hydrogen-bond donors (Lipinski definition) is 1. The van der Waals surface area contributed by atoms with Gasteiger partial charge in [-0.05, 0) is 19.2 Å². The highest BCUT2D eigenvalue weighted by atomic mass is 35.5. The van der Waals surface area contributed by atoms with Gasteiger partial charge in [0.25, 0.3) is 0 Å². The van der Waals surface area contributed by atoms with Crippen molar-refractivity contribution in [1.29, 1.82) is 0 Å². The zero-order valence-corrected chi connectivity index (χ0v) is 15.4. The molecule has 142 valence electrons. The first-order valence-electron chi connectivity index (χ1n) is 7.65. The summed E-state index contributed by atoms with van der Waals surface area (Å²) in [5, 5.41) is 3.29. The summed E-state index contributed by atoms with van der Waals surface area (Å²) in [6, 6.07) is 4.88. The van der Waals surface area contributed by atoms with Crippen molar-refractivity contribution in [3.05, 3.63) is 46.5 Å². The van der Waals surface area contributed by atoms with Crippen LogP contribution in [0, 0.1) is 0 Å². The highest BCUT2D eigenvalue weighted by Crippen LogP contribution is 2.29. The van der Waals surface area contributed by atoms with Crippen molar-refractivity contribution in [2.24, 2.45) is 0 Å². The van der Waals surface area contributed by atoms with Gasteiger partial charge >= 0.3 is 6.18 Å². The lowest BCUT2D eigenvalue weighted by atomic mass is 10.3. The highest BCUT2D eigenvalue weighted by Gasteiger charge is 2.28. The molecule has 0 aliphatic carbocycles. The third-order valence-electron chi connectivity index (χ3n) is 3.51. The van der Waals surface area contributed by atoms with E-state index >= 15 is 0 Å². The molecule has 0 saturated carbocycles. The van der Waals surface area contributed by atoms with Gasteiger partial charge in [-0.1, -0.05) is 29.3 Å². The lowest BCUT2D eigenvalue weighted by Crippen LogP contribution is -2.27. The van der Waals surface area contributed by atoms with E-state index in [0.29, 0.717) is 22.3 Å². The molecule has 0 spiro atoms. The molecule has 5 nitrogen and oxygen atoms in total. The molecule has 1 amide bonds. The van der Waals surface area contributed by atoms with Crippen LogP contribution in [-0.2, 0) is 17.9 Å². The fourth-order valence-electron chi connectivity index (χ4n) is 2.26. The minimum absolute atomic E-state index is 0.123. The van der Waals surface area contributed by atoms with E-state index in [1.54, 1.807) is 30.1 Å². The first kappa shape index (κ1) is 20.5. The topological polar surface area (TPSA) is 50.2 Å². The van der Waals surface area contributed by atoms with Gasteiger partial charge < -0.3 is 9.88 Å². The Labute approximate surface area is 158 Å². The lowest BCUT2D eigenvalue weighted by Gasteiger charge is -2.18. The van der Waals surface area contributed by atoms with Crippen LogP contribution >= 0.6 is 23.2 Å². The van der Waals surface area contributed by atoms with Crippen molar-refractivity contribution in [3.8, 4) is 0 Å². The molecule has 0 aliphatic heterocycles. The number of halogens is 5. The predicted octanol–water partition coefficient (Wildman–Crippen LogP) is 4.21. The Morgan fingerprint density at radius 1 is 1.31 bits per heavy atom. The molecular weight excluding hydrogens is 392 g/mol. The number of anilines is 1. The maximum Gasteiger partial charge on any atom is 0.406 e. The Balaban J connectivity index is 1.86. The summed E-state index contributed by atoms with van der Waals surface area (Å²) in [5.74, 6) is -0.0233. The molecule has 2 aromatic rings. The summed E-state index contributed by atoms with van der Waals surface area (Å²) >= 11 is 12.0. The van der Waals surface area contributed by atoms with Crippen molar-refractivity contribution >= 4 is 34.8 Å². The normalized spacial score (nSPS) is 11.8. The Morgan fingerprint density at radius 2 is 1.96 bits per heavy atom. The van der Waals surface area contributed by atoms with E-state index < -0.39 is 12.7 Å². The van der Waals surface area contributed by atoms with Crippen LogP contribution in [0.5, 0.6) is 0 Å². The largest absolute Gasteiger partial charge is 0.406 e. The number of amides is 1. The van der Waals surface area contributed by atoms with Gasteiger partial charge in [0, 0.05) is 25.4 Å². The number of aromatic nitrogens is 2. The van der Waals surface area contributed by atoms with E-state index in [1.807, 2.05) is 0 Å². The second kappa shape index (κ2) is 8.75. The minimum Gasteiger partial charge on any atom is -0.325 e. The number of nitrogens with one attached hydrogen (secondary N) is 1. The van der Waals surface area contributed by atoms with Gasteiger partial charge in [-0.3, -0.25) is 9.69 Å². The third-order valence-corrected chi connectivity index (χ3v) is 4.14. The summed E-state index contributed by atoms with van der Waals surface area (Å²) in [6.45, 7) is -0.586. The Hall–Kier alpha value is -1.77. The third kappa shape index (κ3) is 6.19. The minimum atomic E-state index is -4.32. The molecule has 0 atom stereocenters. The summed E-state index contributed by atoms with van der Waals surface area (Å²) < 4.78 is 38.6. The maximum atomic E-state index is 12.5. The average molecular weight is 409 g/mol. The van der Waals surface area contributed by atoms with Crippen LogP contribution in [0.4, 0.5) is 18.9 Å². The second-order valence-corrected chi connectivity index (χ2v) is 6.53. The van der Waals surface area contributed by atoms with Crippen molar-refractivity contribution in [2.45, 2.75) is 25.7 Å². The van der Waals surface area contributed by atoms with Gasteiger partial charge in [0.1, 0.15) is 12.4 Å². The number of nitrogens with zero attached hydrogens (tertiary/aromatic N) is 3. The van der Waals surface area contributed by atoms with Gasteiger partial charge in [-0.15, -0.1) is 0 Å². The fourth-order valence-corrected chi connectivity index (χ4v) is 2.75. The Kier molecular flexibility index (Phi) is 6.91. The molecule has 1 aromatic heterocycles. The van der Waals surface area contributed by atoms with E-state index in [1.165, 1.54) is 12.4 Å². The first-order valence-corrected chi connectivity index (χ1v) is 8.40. The summed E-state index contributed by atoms with van der Waals surface area (Å²) in [4.78, 5) is 17.7. The van der Waals surface area contributed by atoms with Gasteiger partial charge in [-0.2, -0.15) is 13.2 Å². The van der Waals surface area contributed by atoms with Crippen molar-refractivity contribution in [2.75, 3.05) is 18.9 Å². The number of imidazole rings is 1. The molecule has 26 heavy (non-hydrogen) atoms. The molecule has 0 fully saturated rings. The number of rotatable bonds is 7. The van der Waals surface area contributed by atoms with Gasteiger partial charge in [0.2, 0.25) is 5.91 Å². The summed E-state index contributed by atoms with van der Waals surface area (Å²) in [5.41, 5.74) is 0.337. The van der Waals surface area contributed by atoms with E-state index in [2.05, 4.69) is 10.3 Å². The quantitative estimate of drug-likeness (QED) is 0.746. The SMILES string of the molecule is CN(CCC(=O)Nc1c(Cl)cccc1Cl)Cc1nccn1CC(F)(F)F. The van der Waals surface area contributed by atoms with Crippen LogP contribution < -0.4 is 5.32 Å². The van der Waals surface area contributed by atoms with Crippen molar-refractivity contribution in [1.82, 2.24) is 14.5 Å². The molecule has 1 heterocycles. The summed E-state index contributed by atoms with van der Waals surface area (Å²) in [7, 11) is 1.70. The van der Waals surface area contributed by atoms with E-state index in [4.69, 9.17) is 23.2 Å². The molecule has 1 aromatic carbocycles. The number of carbonyl (C=O) groups is 1. The van der Waals surface area contributed by atoms with Gasteiger partial charge in [-0.25, -0.2) is 4.98 Å². The highest BCUT2D eigenvalue weighted by molar-refractivity contribution is 6.39. The van der Waals surface area contributed by atoms with E-state index in [9.17, 15) is 18.0 Å². The smallest absolute Gasteiger partial charge is 0.325 e.